The monoisotopic (exact) mass is 940 g/mol. The number of anilines is 5. The lowest BCUT2D eigenvalue weighted by molar-refractivity contribution is -0.114. The van der Waals surface area contributed by atoms with Gasteiger partial charge >= 0.3 is 0 Å². The van der Waals surface area contributed by atoms with E-state index in [1.807, 2.05) is 27.7 Å². The Labute approximate surface area is 380 Å². The SMILES string of the molecule is CC(=O)Nc1cc(O)ccc1F.CCN=c1cc2oc3cc(NCC)c(F)cc3nc-2cc1F.CCNc1cc(O)c(ON)cc1F.CCNc1cc(O)ccc1F.Nc1cc(O)ccc1F. The number of nitrogen functional groups attached to an aromatic ring is 1. The van der Waals surface area contributed by atoms with E-state index in [-0.39, 0.29) is 62.9 Å². The minimum Gasteiger partial charge on any atom is -0.508 e. The summed E-state index contributed by atoms with van der Waals surface area (Å²) in [5.74, 6) is 1.70. The average molecular weight is 941 g/mol. The van der Waals surface area contributed by atoms with Gasteiger partial charge in [0.1, 0.15) is 57.5 Å². The van der Waals surface area contributed by atoms with Gasteiger partial charge in [0.05, 0.1) is 33.8 Å². The number of fused-ring (bicyclic) bond motifs is 2. The Balaban J connectivity index is 0.000000232. The lowest BCUT2D eigenvalue weighted by Crippen LogP contribution is -2.10. The number of nitrogens with two attached hydrogens (primary N) is 2. The minimum atomic E-state index is -0.567. The van der Waals surface area contributed by atoms with Gasteiger partial charge in [-0.05, 0) is 64.1 Å². The summed E-state index contributed by atoms with van der Waals surface area (Å²) in [5.41, 5.74) is 7.05. The molecule has 12 N–H and O–H groups in total. The topological polar surface area (TPSA) is 246 Å². The van der Waals surface area contributed by atoms with Crippen LogP contribution in [0.3, 0.4) is 0 Å². The molecule has 15 nitrogen and oxygen atoms in total. The third kappa shape index (κ3) is 16.5. The fraction of sp³-hybridized carbons (Fsp3) is 0.196. The van der Waals surface area contributed by atoms with Crippen LogP contribution in [0.5, 0.6) is 28.7 Å². The zero-order valence-corrected chi connectivity index (χ0v) is 36.8. The molecule has 0 unspecified atom stereocenters. The van der Waals surface area contributed by atoms with E-state index in [2.05, 4.69) is 36.1 Å². The number of amides is 1. The number of benzene rings is 6. The van der Waals surface area contributed by atoms with E-state index in [0.29, 0.717) is 60.1 Å². The highest BCUT2D eigenvalue weighted by Crippen LogP contribution is 2.31. The van der Waals surface area contributed by atoms with Crippen molar-refractivity contribution in [2.75, 3.05) is 53.2 Å². The maximum atomic E-state index is 13.9. The summed E-state index contributed by atoms with van der Waals surface area (Å²) in [6.45, 7) is 10.9. The molecule has 1 aliphatic carbocycles. The molecule has 2 aliphatic rings. The maximum Gasteiger partial charge on any atom is 0.221 e. The Morgan fingerprint density at radius 3 is 1.67 bits per heavy atom. The van der Waals surface area contributed by atoms with Gasteiger partial charge in [-0.1, -0.05) is 0 Å². The van der Waals surface area contributed by atoms with Crippen LogP contribution >= 0.6 is 0 Å². The summed E-state index contributed by atoms with van der Waals surface area (Å²) in [7, 11) is 0. The van der Waals surface area contributed by atoms with Crippen LogP contribution in [0.4, 0.5) is 54.8 Å². The summed E-state index contributed by atoms with van der Waals surface area (Å²) in [4.78, 5) is 23.1. The Morgan fingerprint density at radius 1 is 0.642 bits per heavy atom. The molecule has 0 spiro atoms. The lowest BCUT2D eigenvalue weighted by atomic mass is 10.2. The van der Waals surface area contributed by atoms with Gasteiger partial charge in [0.25, 0.3) is 0 Å². The van der Waals surface area contributed by atoms with Crippen LogP contribution in [0.1, 0.15) is 34.6 Å². The first-order chi connectivity index (χ1) is 31.8. The molecule has 0 bridgehead atoms. The van der Waals surface area contributed by atoms with Gasteiger partial charge in [-0.15, -0.1) is 0 Å². The zero-order valence-electron chi connectivity index (χ0n) is 36.8. The van der Waals surface area contributed by atoms with Gasteiger partial charge in [0.15, 0.2) is 28.7 Å². The summed E-state index contributed by atoms with van der Waals surface area (Å²) in [6.07, 6.45) is 0. The standard InChI is InChI=1S/C16H15F2N3O.C8H11FN2O2.C8H8FNO2.C8H10FNO.C6H6FNO/c1-3-19-11-7-15-13(5-9(11)17)21-14-6-10(18)12(20-4-2)8-16(14)22-15;1-2-11-6-4-7(12)8(13-10)3-5(6)9;1-5(11)10-8-4-6(12)2-3-7(8)9;1-2-10-8-5-6(11)3-4-7(8)9;7-5-2-1-4(9)3-6(5)8/h5-8,19H,3-4H2,1-2H3;3-4,11-12H,2,10H2,1H3;2-4,12H,1H3,(H,10,11);3-5,10-11H,2H2,1H3;1-3,9H,8H2. The molecular weight excluding hydrogens is 891 g/mol. The molecule has 5 aromatic carbocycles. The van der Waals surface area contributed by atoms with Crippen molar-refractivity contribution >= 4 is 45.4 Å². The van der Waals surface area contributed by atoms with Gasteiger partial charge in [-0.25, -0.2) is 31.3 Å². The molecule has 21 heteroatoms. The lowest BCUT2D eigenvalue weighted by Gasteiger charge is -2.09. The molecule has 67 heavy (non-hydrogen) atoms. The number of nitrogens with one attached hydrogen (secondary N) is 4. The molecule has 0 saturated carbocycles. The highest BCUT2D eigenvalue weighted by atomic mass is 19.1. The highest BCUT2D eigenvalue weighted by Gasteiger charge is 2.15. The fourth-order valence-electron chi connectivity index (χ4n) is 5.41. The largest absolute Gasteiger partial charge is 0.508 e. The molecule has 0 atom stereocenters. The number of phenols is 4. The van der Waals surface area contributed by atoms with E-state index in [9.17, 15) is 36.2 Å². The van der Waals surface area contributed by atoms with Crippen molar-refractivity contribution in [1.82, 2.24) is 4.98 Å². The van der Waals surface area contributed by atoms with Crippen molar-refractivity contribution in [3.63, 3.8) is 0 Å². The molecule has 1 amide bonds. The quantitative estimate of drug-likeness (QED) is 0.0281. The number of nitrogens with zero attached hydrogens (tertiary/aromatic N) is 2. The molecule has 0 fully saturated rings. The van der Waals surface area contributed by atoms with Crippen LogP contribution in [0.2, 0.25) is 0 Å². The number of phenolic OH excluding ortho intramolecular Hbond substituents is 4. The van der Waals surface area contributed by atoms with Crippen molar-refractivity contribution in [3.8, 4) is 40.2 Å². The van der Waals surface area contributed by atoms with Crippen molar-refractivity contribution < 1.29 is 60.8 Å². The predicted octanol–water partition coefficient (Wildman–Crippen LogP) is 9.35. The van der Waals surface area contributed by atoms with Crippen LogP contribution < -0.4 is 43.1 Å². The van der Waals surface area contributed by atoms with Crippen molar-refractivity contribution in [2.24, 2.45) is 10.9 Å². The van der Waals surface area contributed by atoms with Gasteiger partial charge in [-0.3, -0.25) is 9.79 Å². The molecule has 0 aromatic heterocycles. The van der Waals surface area contributed by atoms with E-state index >= 15 is 0 Å². The summed E-state index contributed by atoms with van der Waals surface area (Å²) >= 11 is 0. The van der Waals surface area contributed by atoms with Gasteiger partial charge in [0.2, 0.25) is 5.91 Å². The van der Waals surface area contributed by atoms with Crippen LogP contribution in [-0.4, -0.2) is 57.5 Å². The number of aromatic nitrogens is 1. The maximum absolute atomic E-state index is 13.9. The van der Waals surface area contributed by atoms with Gasteiger partial charge in [-0.2, -0.15) is 5.90 Å². The van der Waals surface area contributed by atoms with E-state index in [0.717, 1.165) is 30.3 Å². The van der Waals surface area contributed by atoms with E-state index in [4.69, 9.17) is 31.4 Å². The molecule has 0 radical (unpaired) electrons. The first-order valence-corrected chi connectivity index (χ1v) is 20.2. The second kappa shape index (κ2) is 26.0. The summed E-state index contributed by atoms with van der Waals surface area (Å²) < 4.78 is 84.5. The van der Waals surface area contributed by atoms with Crippen LogP contribution in [0, 0.1) is 34.9 Å². The van der Waals surface area contributed by atoms with Gasteiger partial charge in [0, 0.05) is 87.7 Å². The third-order valence-corrected chi connectivity index (χ3v) is 8.33. The second-order valence-electron chi connectivity index (χ2n) is 13.5. The van der Waals surface area contributed by atoms with Crippen molar-refractivity contribution in [3.05, 3.63) is 131 Å². The molecule has 1 aliphatic heterocycles. The number of hydrogen-bond donors (Lipinski definition) is 10. The first kappa shape index (κ1) is 53.3. The number of halogens is 6. The number of rotatable bonds is 9. The van der Waals surface area contributed by atoms with Crippen LogP contribution in [-0.2, 0) is 4.79 Å². The van der Waals surface area contributed by atoms with Gasteiger partial charge < -0.3 is 56.7 Å². The Hall–Kier alpha value is -8.07. The smallest absolute Gasteiger partial charge is 0.221 e. The number of aromatic hydroxyl groups is 4. The number of carbonyl (C=O) groups is 1. The molecule has 5 aromatic rings. The first-order valence-electron chi connectivity index (χ1n) is 20.2. The molecular formula is C46H50F6N8O7. The molecule has 0 saturated heterocycles. The van der Waals surface area contributed by atoms with Crippen molar-refractivity contribution in [1.29, 1.82) is 0 Å². The second-order valence-corrected chi connectivity index (χ2v) is 13.5. The van der Waals surface area contributed by atoms with Crippen LogP contribution in [0.25, 0.3) is 22.6 Å². The third-order valence-electron chi connectivity index (χ3n) is 8.33. The Kier molecular flexibility index (Phi) is 20.7. The van der Waals surface area contributed by atoms with E-state index in [1.165, 1.54) is 61.5 Å². The fourth-order valence-corrected chi connectivity index (χ4v) is 5.41. The van der Waals surface area contributed by atoms with Crippen molar-refractivity contribution in [2.45, 2.75) is 34.6 Å². The number of hydrogen-bond acceptors (Lipinski definition) is 14. The zero-order chi connectivity index (χ0) is 49.8. The summed E-state index contributed by atoms with van der Waals surface area (Å²) in [5, 5.41) is 46.7. The average Bonchev–Trinajstić information content (AvgIpc) is 3.27. The van der Waals surface area contributed by atoms with Crippen LogP contribution in [0.15, 0.2) is 100 Å². The highest BCUT2D eigenvalue weighted by molar-refractivity contribution is 5.89. The predicted molar refractivity (Wildman–Crippen MR) is 245 cm³/mol. The molecule has 1 heterocycles. The molecule has 358 valence electrons. The molecule has 7 rings (SSSR count). The number of carbonyl (C=O) groups excluding carboxylic acids is 1. The minimum absolute atomic E-state index is 0.0116. The Bertz CT molecular complexity index is 2780. The van der Waals surface area contributed by atoms with E-state index in [1.54, 1.807) is 6.07 Å². The normalized spacial score (nSPS) is 10.5. The summed E-state index contributed by atoms with van der Waals surface area (Å²) in [6, 6.07) is 18.7. The Morgan fingerprint density at radius 2 is 1.15 bits per heavy atom. The van der Waals surface area contributed by atoms with E-state index < -0.39 is 29.1 Å².